The highest BCUT2D eigenvalue weighted by atomic mass is 16.1. The van der Waals surface area contributed by atoms with E-state index in [4.69, 9.17) is 0 Å². The Hall–Kier alpha value is -1.36. The van der Waals surface area contributed by atoms with Crippen molar-refractivity contribution in [3.63, 3.8) is 0 Å². The lowest BCUT2D eigenvalue weighted by Gasteiger charge is -2.33. The molecule has 1 aliphatic heterocycles. The Morgan fingerprint density at radius 3 is 2.65 bits per heavy atom. The highest BCUT2D eigenvalue weighted by molar-refractivity contribution is 5.76. The van der Waals surface area contributed by atoms with Gasteiger partial charge in [0.15, 0.2) is 0 Å². The maximum atomic E-state index is 12.1. The number of nitrogens with one attached hydrogen (secondary N) is 1. The lowest BCUT2D eigenvalue weighted by atomic mass is 10.0. The van der Waals surface area contributed by atoms with Crippen molar-refractivity contribution in [3.05, 3.63) is 18.0 Å². The maximum Gasteiger partial charge on any atom is 0.222 e. The van der Waals surface area contributed by atoms with E-state index >= 15 is 0 Å². The summed E-state index contributed by atoms with van der Waals surface area (Å²) >= 11 is 0. The first kappa shape index (κ1) is 16.5. The zero-order valence-corrected chi connectivity index (χ0v) is 14.3. The van der Waals surface area contributed by atoms with Gasteiger partial charge in [-0.1, -0.05) is 12.8 Å². The van der Waals surface area contributed by atoms with Gasteiger partial charge in [0.1, 0.15) is 0 Å². The third-order valence-electron chi connectivity index (χ3n) is 5.27. The average Bonchev–Trinajstić information content (AvgIpc) is 3.19. The van der Waals surface area contributed by atoms with E-state index in [1.807, 2.05) is 24.0 Å². The van der Waals surface area contributed by atoms with Crippen molar-refractivity contribution in [1.82, 2.24) is 20.0 Å². The van der Waals surface area contributed by atoms with E-state index < -0.39 is 0 Å². The predicted octanol–water partition coefficient (Wildman–Crippen LogP) is 2.35. The molecule has 5 nitrogen and oxygen atoms in total. The lowest BCUT2D eigenvalue weighted by Crippen LogP contribution is -2.45. The van der Waals surface area contributed by atoms with Gasteiger partial charge in [-0.2, -0.15) is 5.10 Å². The molecule has 128 valence electrons. The number of piperidine rings is 1. The van der Waals surface area contributed by atoms with Crippen LogP contribution in [-0.4, -0.2) is 46.3 Å². The molecule has 0 bridgehead atoms. The molecule has 3 rings (SSSR count). The van der Waals surface area contributed by atoms with Gasteiger partial charge in [0.25, 0.3) is 0 Å². The minimum absolute atomic E-state index is 0.160. The molecule has 0 aromatic carbocycles. The van der Waals surface area contributed by atoms with E-state index in [0.717, 1.165) is 37.4 Å². The Morgan fingerprint density at radius 2 is 2.00 bits per heavy atom. The summed E-state index contributed by atoms with van der Waals surface area (Å²) in [6.45, 7) is 6.24. The Bertz CT molecular complexity index is 499. The van der Waals surface area contributed by atoms with Gasteiger partial charge in [-0.25, -0.2) is 0 Å². The van der Waals surface area contributed by atoms with E-state index in [2.05, 4.69) is 15.3 Å². The van der Waals surface area contributed by atoms with Crippen LogP contribution >= 0.6 is 0 Å². The maximum absolute atomic E-state index is 12.1. The number of hydrogen-bond donors (Lipinski definition) is 1. The van der Waals surface area contributed by atoms with Crippen LogP contribution in [0.2, 0.25) is 0 Å². The molecule has 0 spiro atoms. The molecule has 23 heavy (non-hydrogen) atoms. The first-order chi connectivity index (χ1) is 11.2. The van der Waals surface area contributed by atoms with Gasteiger partial charge in [-0.05, 0) is 44.1 Å². The van der Waals surface area contributed by atoms with Crippen LogP contribution < -0.4 is 5.32 Å². The van der Waals surface area contributed by atoms with Crippen LogP contribution in [0, 0.1) is 12.8 Å². The summed E-state index contributed by atoms with van der Waals surface area (Å²) in [5.74, 6) is 1.09. The molecule has 1 saturated carbocycles. The molecule has 1 aromatic heterocycles. The van der Waals surface area contributed by atoms with Crippen molar-refractivity contribution in [2.24, 2.45) is 5.92 Å². The van der Waals surface area contributed by atoms with Gasteiger partial charge in [0, 0.05) is 44.8 Å². The van der Waals surface area contributed by atoms with Crippen molar-refractivity contribution in [3.8, 4) is 0 Å². The Balaban J connectivity index is 1.32. The first-order valence-corrected chi connectivity index (χ1v) is 9.20. The highest BCUT2D eigenvalue weighted by Gasteiger charge is 2.24. The molecule has 1 N–H and O–H groups in total. The number of aromatic nitrogens is 2. The highest BCUT2D eigenvalue weighted by Crippen LogP contribution is 2.26. The molecule has 2 aliphatic rings. The second-order valence-electron chi connectivity index (χ2n) is 7.32. The average molecular weight is 318 g/mol. The molecule has 0 atom stereocenters. The molecule has 0 radical (unpaired) electrons. The van der Waals surface area contributed by atoms with Crippen molar-refractivity contribution in [1.29, 1.82) is 0 Å². The lowest BCUT2D eigenvalue weighted by molar-refractivity contribution is -0.122. The van der Waals surface area contributed by atoms with E-state index in [9.17, 15) is 4.79 Å². The molecular weight excluding hydrogens is 288 g/mol. The molecule has 1 amide bonds. The minimum Gasteiger partial charge on any atom is -0.353 e. The van der Waals surface area contributed by atoms with Crippen LogP contribution in [0.3, 0.4) is 0 Å². The fraction of sp³-hybridized carbons (Fsp3) is 0.778. The molecule has 1 aliphatic carbocycles. The molecule has 0 unspecified atom stereocenters. The molecule has 2 heterocycles. The summed E-state index contributed by atoms with van der Waals surface area (Å²) in [5, 5.41) is 7.43. The third kappa shape index (κ3) is 5.06. The zero-order valence-electron chi connectivity index (χ0n) is 14.3. The van der Waals surface area contributed by atoms with Crippen molar-refractivity contribution >= 4 is 5.91 Å². The van der Waals surface area contributed by atoms with E-state index in [0.29, 0.717) is 19.0 Å². The summed E-state index contributed by atoms with van der Waals surface area (Å²) in [5.41, 5.74) is 1.14. The number of carbonyl (C=O) groups is 1. The van der Waals surface area contributed by atoms with E-state index in [1.165, 1.54) is 32.2 Å². The quantitative estimate of drug-likeness (QED) is 0.876. The smallest absolute Gasteiger partial charge is 0.222 e. The van der Waals surface area contributed by atoms with Crippen molar-refractivity contribution in [2.45, 2.75) is 64.5 Å². The van der Waals surface area contributed by atoms with Crippen LogP contribution in [0.5, 0.6) is 0 Å². The normalized spacial score (nSPS) is 20.9. The van der Waals surface area contributed by atoms with Crippen LogP contribution in [0.4, 0.5) is 0 Å². The van der Waals surface area contributed by atoms with Crippen molar-refractivity contribution in [2.75, 3.05) is 19.6 Å². The summed E-state index contributed by atoms with van der Waals surface area (Å²) in [6, 6.07) is 0.363. The van der Waals surface area contributed by atoms with Crippen molar-refractivity contribution < 1.29 is 4.79 Å². The fourth-order valence-corrected chi connectivity index (χ4v) is 3.92. The second-order valence-corrected chi connectivity index (χ2v) is 7.32. The SMILES string of the molecule is Cc1cnn(CCC(=O)NC2CCN(CC3CCCC3)CC2)c1. The Kier molecular flexibility index (Phi) is 5.70. The number of amides is 1. The van der Waals surface area contributed by atoms with Crippen LogP contribution in [0.15, 0.2) is 12.4 Å². The monoisotopic (exact) mass is 318 g/mol. The number of aryl methyl sites for hydroxylation is 2. The number of hydrogen-bond acceptors (Lipinski definition) is 3. The van der Waals surface area contributed by atoms with Gasteiger partial charge >= 0.3 is 0 Å². The van der Waals surface area contributed by atoms with E-state index in [-0.39, 0.29) is 5.91 Å². The number of rotatable bonds is 6. The topological polar surface area (TPSA) is 50.2 Å². The predicted molar refractivity (Wildman–Crippen MR) is 91.1 cm³/mol. The molecule has 2 fully saturated rings. The molecule has 1 aromatic rings. The van der Waals surface area contributed by atoms with Gasteiger partial charge in [0.2, 0.25) is 5.91 Å². The minimum atomic E-state index is 0.160. The van der Waals surface area contributed by atoms with Gasteiger partial charge in [-0.15, -0.1) is 0 Å². The summed E-state index contributed by atoms with van der Waals surface area (Å²) < 4.78 is 1.85. The third-order valence-corrected chi connectivity index (χ3v) is 5.27. The standard InChI is InChI=1S/C18H30N4O/c1-15-12-19-22(13-15)11-8-18(23)20-17-6-9-21(10-7-17)14-16-4-2-3-5-16/h12-13,16-17H,2-11,14H2,1H3,(H,20,23). The zero-order chi connectivity index (χ0) is 16.1. The van der Waals surface area contributed by atoms with Crippen LogP contribution in [0.25, 0.3) is 0 Å². The van der Waals surface area contributed by atoms with E-state index in [1.54, 1.807) is 0 Å². The Labute approximate surface area is 139 Å². The van der Waals surface area contributed by atoms with Gasteiger partial charge < -0.3 is 10.2 Å². The van der Waals surface area contributed by atoms with Gasteiger partial charge in [0.05, 0.1) is 6.20 Å². The second kappa shape index (κ2) is 7.95. The van der Waals surface area contributed by atoms with Gasteiger partial charge in [-0.3, -0.25) is 9.48 Å². The number of likely N-dealkylation sites (tertiary alicyclic amines) is 1. The fourth-order valence-electron chi connectivity index (χ4n) is 3.92. The Morgan fingerprint density at radius 1 is 1.26 bits per heavy atom. The summed E-state index contributed by atoms with van der Waals surface area (Å²) in [7, 11) is 0. The molecule has 5 heteroatoms. The number of carbonyl (C=O) groups excluding carboxylic acids is 1. The number of nitrogens with zero attached hydrogens (tertiary/aromatic N) is 3. The largest absolute Gasteiger partial charge is 0.353 e. The first-order valence-electron chi connectivity index (χ1n) is 9.20. The molecular formula is C18H30N4O. The van der Waals surface area contributed by atoms with Crippen LogP contribution in [-0.2, 0) is 11.3 Å². The summed E-state index contributed by atoms with van der Waals surface area (Å²) in [4.78, 5) is 14.7. The summed E-state index contributed by atoms with van der Waals surface area (Å²) in [6.07, 6.45) is 12.2. The van der Waals surface area contributed by atoms with Crippen LogP contribution in [0.1, 0.15) is 50.5 Å². The molecule has 1 saturated heterocycles.